The van der Waals surface area contributed by atoms with Gasteiger partial charge in [0.2, 0.25) is 0 Å². The molecule has 0 bridgehead atoms. The van der Waals surface area contributed by atoms with Crippen molar-refractivity contribution >= 4 is 0 Å². The standard InChI is InChI=1S/C11H7F2NO/c12-8-1-2-10(11(15)4-8)7-3-9(13)6-14-5-7/h1-6,15H. The SMILES string of the molecule is Oc1cc(F)ccc1-c1cncc(F)c1. The van der Waals surface area contributed by atoms with Gasteiger partial charge in [-0.25, -0.2) is 8.78 Å². The Morgan fingerprint density at radius 1 is 1.00 bits per heavy atom. The molecule has 0 aliphatic carbocycles. The van der Waals surface area contributed by atoms with Crippen LogP contribution < -0.4 is 0 Å². The normalized spacial score (nSPS) is 10.3. The summed E-state index contributed by atoms with van der Waals surface area (Å²) in [6.07, 6.45) is 2.46. The Balaban J connectivity index is 2.54. The monoisotopic (exact) mass is 207 g/mol. The third kappa shape index (κ3) is 1.93. The first-order valence-electron chi connectivity index (χ1n) is 4.26. The van der Waals surface area contributed by atoms with Crippen molar-refractivity contribution in [2.24, 2.45) is 0 Å². The van der Waals surface area contributed by atoms with Gasteiger partial charge in [0.15, 0.2) is 0 Å². The summed E-state index contributed by atoms with van der Waals surface area (Å²) >= 11 is 0. The number of halogens is 2. The summed E-state index contributed by atoms with van der Waals surface area (Å²) in [5.74, 6) is -1.28. The van der Waals surface area contributed by atoms with E-state index in [1.54, 1.807) is 0 Å². The lowest BCUT2D eigenvalue weighted by molar-refractivity contribution is 0.471. The van der Waals surface area contributed by atoms with Crippen LogP contribution in [0, 0.1) is 11.6 Å². The molecule has 1 aromatic heterocycles. The second-order valence-electron chi connectivity index (χ2n) is 3.05. The van der Waals surface area contributed by atoms with Crippen LogP contribution in [-0.4, -0.2) is 10.1 Å². The van der Waals surface area contributed by atoms with E-state index in [4.69, 9.17) is 0 Å². The molecule has 0 aliphatic heterocycles. The zero-order valence-corrected chi connectivity index (χ0v) is 7.61. The Morgan fingerprint density at radius 3 is 2.47 bits per heavy atom. The largest absolute Gasteiger partial charge is 0.507 e. The maximum absolute atomic E-state index is 12.8. The first kappa shape index (κ1) is 9.58. The molecule has 0 spiro atoms. The summed E-state index contributed by atoms with van der Waals surface area (Å²) in [4.78, 5) is 3.64. The van der Waals surface area contributed by atoms with Crippen molar-refractivity contribution in [3.8, 4) is 16.9 Å². The van der Waals surface area contributed by atoms with Gasteiger partial charge in [0.1, 0.15) is 17.4 Å². The van der Waals surface area contributed by atoms with Gasteiger partial charge < -0.3 is 5.11 Å². The van der Waals surface area contributed by atoms with Crippen molar-refractivity contribution in [2.45, 2.75) is 0 Å². The number of aromatic nitrogens is 1. The van der Waals surface area contributed by atoms with E-state index in [0.717, 1.165) is 12.3 Å². The highest BCUT2D eigenvalue weighted by Crippen LogP contribution is 2.29. The Kier molecular flexibility index (Phi) is 2.33. The Bertz CT molecular complexity index is 500. The van der Waals surface area contributed by atoms with E-state index in [-0.39, 0.29) is 5.75 Å². The Labute approximate surface area is 84.8 Å². The van der Waals surface area contributed by atoms with Gasteiger partial charge in [0.25, 0.3) is 0 Å². The summed E-state index contributed by atoms with van der Waals surface area (Å²) in [5.41, 5.74) is 0.760. The molecule has 0 saturated carbocycles. The summed E-state index contributed by atoms with van der Waals surface area (Å²) < 4.78 is 25.5. The van der Waals surface area contributed by atoms with E-state index < -0.39 is 11.6 Å². The molecule has 1 N–H and O–H groups in total. The van der Waals surface area contributed by atoms with Gasteiger partial charge in [-0.3, -0.25) is 4.98 Å². The molecular weight excluding hydrogens is 200 g/mol. The molecular formula is C11H7F2NO. The van der Waals surface area contributed by atoms with Crippen molar-refractivity contribution in [1.29, 1.82) is 0 Å². The molecule has 0 unspecified atom stereocenters. The van der Waals surface area contributed by atoms with Crippen LogP contribution >= 0.6 is 0 Å². The molecule has 0 saturated heterocycles. The van der Waals surface area contributed by atoms with Gasteiger partial charge in [-0.15, -0.1) is 0 Å². The zero-order chi connectivity index (χ0) is 10.8. The fourth-order valence-electron chi connectivity index (χ4n) is 1.31. The number of hydrogen-bond donors (Lipinski definition) is 1. The number of hydrogen-bond acceptors (Lipinski definition) is 2. The number of nitrogens with zero attached hydrogens (tertiary/aromatic N) is 1. The smallest absolute Gasteiger partial charge is 0.142 e. The number of phenols is 1. The van der Waals surface area contributed by atoms with Gasteiger partial charge >= 0.3 is 0 Å². The second kappa shape index (κ2) is 3.65. The molecule has 76 valence electrons. The minimum absolute atomic E-state index is 0.234. The summed E-state index contributed by atoms with van der Waals surface area (Å²) in [6.45, 7) is 0. The van der Waals surface area contributed by atoms with Gasteiger partial charge in [0, 0.05) is 23.4 Å². The molecule has 0 aliphatic rings. The molecule has 0 radical (unpaired) electrons. The maximum Gasteiger partial charge on any atom is 0.142 e. The summed E-state index contributed by atoms with van der Waals surface area (Å²) in [6, 6.07) is 4.77. The first-order valence-corrected chi connectivity index (χ1v) is 4.26. The molecule has 1 aromatic carbocycles. The first-order chi connectivity index (χ1) is 7.16. The molecule has 0 amide bonds. The topological polar surface area (TPSA) is 33.1 Å². The van der Waals surface area contributed by atoms with Crippen LogP contribution in [0.1, 0.15) is 0 Å². The zero-order valence-electron chi connectivity index (χ0n) is 7.61. The maximum atomic E-state index is 12.8. The number of aromatic hydroxyl groups is 1. The number of phenolic OH excluding ortho intramolecular Hbond substituents is 1. The number of rotatable bonds is 1. The van der Waals surface area contributed by atoms with Crippen LogP contribution in [0.15, 0.2) is 36.7 Å². The lowest BCUT2D eigenvalue weighted by Crippen LogP contribution is -1.84. The van der Waals surface area contributed by atoms with Crippen molar-refractivity contribution in [1.82, 2.24) is 4.98 Å². The molecule has 0 fully saturated rings. The highest BCUT2D eigenvalue weighted by atomic mass is 19.1. The quantitative estimate of drug-likeness (QED) is 0.779. The molecule has 0 atom stereocenters. The lowest BCUT2D eigenvalue weighted by Gasteiger charge is -2.03. The highest BCUT2D eigenvalue weighted by molar-refractivity contribution is 5.69. The van der Waals surface area contributed by atoms with Crippen molar-refractivity contribution in [3.05, 3.63) is 48.3 Å². The fraction of sp³-hybridized carbons (Fsp3) is 0. The van der Waals surface area contributed by atoms with E-state index in [9.17, 15) is 13.9 Å². The van der Waals surface area contributed by atoms with Crippen LogP contribution in [-0.2, 0) is 0 Å². The van der Waals surface area contributed by atoms with Crippen LogP contribution in [0.5, 0.6) is 5.75 Å². The lowest BCUT2D eigenvalue weighted by atomic mass is 10.1. The summed E-state index contributed by atoms with van der Waals surface area (Å²) in [7, 11) is 0. The minimum Gasteiger partial charge on any atom is -0.507 e. The third-order valence-corrected chi connectivity index (χ3v) is 1.98. The van der Waals surface area contributed by atoms with E-state index >= 15 is 0 Å². The average molecular weight is 207 g/mol. The minimum atomic E-state index is -0.541. The van der Waals surface area contributed by atoms with Crippen molar-refractivity contribution in [3.63, 3.8) is 0 Å². The number of benzene rings is 1. The molecule has 1 heterocycles. The number of pyridine rings is 1. The van der Waals surface area contributed by atoms with Gasteiger partial charge in [-0.05, 0) is 18.2 Å². The molecule has 15 heavy (non-hydrogen) atoms. The van der Waals surface area contributed by atoms with Crippen LogP contribution in [0.3, 0.4) is 0 Å². The van der Waals surface area contributed by atoms with E-state index in [2.05, 4.69) is 4.98 Å². The van der Waals surface area contributed by atoms with Crippen LogP contribution in [0.4, 0.5) is 8.78 Å². The Morgan fingerprint density at radius 2 is 1.80 bits per heavy atom. The molecule has 2 rings (SSSR count). The second-order valence-corrected chi connectivity index (χ2v) is 3.05. The predicted octanol–water partition coefficient (Wildman–Crippen LogP) is 2.73. The molecule has 4 heteroatoms. The van der Waals surface area contributed by atoms with Crippen LogP contribution in [0.2, 0.25) is 0 Å². The van der Waals surface area contributed by atoms with Crippen molar-refractivity contribution < 1.29 is 13.9 Å². The predicted molar refractivity (Wildman–Crippen MR) is 51.3 cm³/mol. The Hall–Kier alpha value is -1.97. The highest BCUT2D eigenvalue weighted by Gasteiger charge is 2.06. The van der Waals surface area contributed by atoms with Gasteiger partial charge in [-0.1, -0.05) is 0 Å². The fourth-order valence-corrected chi connectivity index (χ4v) is 1.31. The molecule has 2 aromatic rings. The van der Waals surface area contributed by atoms with Gasteiger partial charge in [0.05, 0.1) is 6.20 Å². The average Bonchev–Trinajstić information content (AvgIpc) is 2.17. The van der Waals surface area contributed by atoms with E-state index in [1.165, 1.54) is 24.4 Å². The summed E-state index contributed by atoms with van der Waals surface area (Å²) in [5, 5.41) is 9.45. The van der Waals surface area contributed by atoms with E-state index in [1.807, 2.05) is 0 Å². The van der Waals surface area contributed by atoms with Gasteiger partial charge in [-0.2, -0.15) is 0 Å². The van der Waals surface area contributed by atoms with Crippen molar-refractivity contribution in [2.75, 3.05) is 0 Å². The van der Waals surface area contributed by atoms with E-state index in [0.29, 0.717) is 11.1 Å². The van der Waals surface area contributed by atoms with Crippen LogP contribution in [0.25, 0.3) is 11.1 Å². The molecule has 2 nitrogen and oxygen atoms in total. The third-order valence-electron chi connectivity index (χ3n) is 1.98.